The van der Waals surface area contributed by atoms with Crippen LogP contribution in [0.1, 0.15) is 26.8 Å². The number of carbonyl (C=O) groups is 1. The average Bonchev–Trinajstić information content (AvgIpc) is 3.18. The lowest BCUT2D eigenvalue weighted by Crippen LogP contribution is -2.43. The van der Waals surface area contributed by atoms with Gasteiger partial charge in [0.15, 0.2) is 0 Å². The molecular weight excluding hydrogens is 352 g/mol. The minimum absolute atomic E-state index is 0.00207. The lowest BCUT2D eigenvalue weighted by Gasteiger charge is -2.34. The third-order valence-corrected chi connectivity index (χ3v) is 5.91. The van der Waals surface area contributed by atoms with Crippen molar-refractivity contribution in [3.63, 3.8) is 0 Å². The Balaban J connectivity index is 1.66. The number of thioether (sulfide) groups is 1. The zero-order chi connectivity index (χ0) is 17.5. The summed E-state index contributed by atoms with van der Waals surface area (Å²) in [6.45, 7) is 3.94. The van der Waals surface area contributed by atoms with Gasteiger partial charge in [-0.15, -0.1) is 11.3 Å². The zero-order valence-electron chi connectivity index (χ0n) is 14.4. The van der Waals surface area contributed by atoms with Gasteiger partial charge in [-0.25, -0.2) is 0 Å². The Morgan fingerprint density at radius 2 is 2.16 bits per heavy atom. The molecule has 3 rings (SSSR count). The molecule has 1 saturated heterocycles. The first-order valence-electron chi connectivity index (χ1n) is 8.49. The Labute approximate surface area is 157 Å². The standard InChI is InChI=1S/C19H24N2O2S2/c1-24-14-15-4-2-5-16(12-15)19(22)20-13-17(18-6-3-11-25-18)21-7-9-23-10-8-21/h2-6,11-12,17H,7-10,13-14H2,1H3,(H,20,22). The molecular formula is C19H24N2O2S2. The number of thiophene rings is 1. The van der Waals surface area contributed by atoms with Crippen molar-refractivity contribution in [3.8, 4) is 0 Å². The molecule has 1 amide bonds. The Hall–Kier alpha value is -1.34. The number of benzene rings is 1. The van der Waals surface area contributed by atoms with Gasteiger partial charge in [0.1, 0.15) is 0 Å². The van der Waals surface area contributed by atoms with Gasteiger partial charge in [0.2, 0.25) is 0 Å². The second kappa shape index (κ2) is 9.38. The maximum Gasteiger partial charge on any atom is 0.251 e. The second-order valence-corrected chi connectivity index (χ2v) is 7.87. The van der Waals surface area contributed by atoms with Crippen molar-refractivity contribution in [2.75, 3.05) is 39.1 Å². The minimum Gasteiger partial charge on any atom is -0.379 e. The molecule has 2 aromatic rings. The van der Waals surface area contributed by atoms with E-state index in [1.165, 1.54) is 10.4 Å². The Morgan fingerprint density at radius 3 is 2.88 bits per heavy atom. The van der Waals surface area contributed by atoms with Crippen LogP contribution in [0.25, 0.3) is 0 Å². The molecule has 25 heavy (non-hydrogen) atoms. The molecule has 2 heterocycles. The van der Waals surface area contributed by atoms with E-state index < -0.39 is 0 Å². The fourth-order valence-corrected chi connectivity index (χ4v) is 4.41. The monoisotopic (exact) mass is 376 g/mol. The molecule has 1 fully saturated rings. The summed E-state index contributed by atoms with van der Waals surface area (Å²) in [5, 5.41) is 5.23. The molecule has 1 unspecified atom stereocenters. The van der Waals surface area contributed by atoms with Crippen molar-refractivity contribution in [3.05, 3.63) is 57.8 Å². The van der Waals surface area contributed by atoms with Crippen molar-refractivity contribution in [2.24, 2.45) is 0 Å². The molecule has 0 saturated carbocycles. The van der Waals surface area contributed by atoms with Crippen molar-refractivity contribution < 1.29 is 9.53 Å². The third-order valence-electron chi connectivity index (χ3n) is 4.31. The van der Waals surface area contributed by atoms with E-state index in [-0.39, 0.29) is 11.9 Å². The van der Waals surface area contributed by atoms with Crippen LogP contribution in [-0.2, 0) is 10.5 Å². The van der Waals surface area contributed by atoms with E-state index in [1.54, 1.807) is 23.1 Å². The Bertz CT molecular complexity index is 670. The highest BCUT2D eigenvalue weighted by Crippen LogP contribution is 2.25. The fourth-order valence-electron chi connectivity index (χ4n) is 3.04. The molecule has 0 aliphatic carbocycles. The molecule has 0 radical (unpaired) electrons. The maximum atomic E-state index is 12.6. The molecule has 1 aromatic heterocycles. The van der Waals surface area contributed by atoms with Crippen LogP contribution in [-0.4, -0.2) is 49.9 Å². The minimum atomic E-state index is -0.00207. The molecule has 1 aliphatic heterocycles. The second-order valence-electron chi connectivity index (χ2n) is 6.02. The summed E-state index contributed by atoms with van der Waals surface area (Å²) in [4.78, 5) is 16.3. The van der Waals surface area contributed by atoms with Crippen LogP contribution >= 0.6 is 23.1 Å². The van der Waals surface area contributed by atoms with Gasteiger partial charge in [-0.05, 0) is 35.4 Å². The van der Waals surface area contributed by atoms with E-state index in [1.807, 2.05) is 18.2 Å². The largest absolute Gasteiger partial charge is 0.379 e. The van der Waals surface area contributed by atoms with Gasteiger partial charge in [-0.3, -0.25) is 9.69 Å². The van der Waals surface area contributed by atoms with Crippen LogP contribution in [0.15, 0.2) is 41.8 Å². The lowest BCUT2D eigenvalue weighted by atomic mass is 10.1. The number of nitrogens with one attached hydrogen (secondary N) is 1. The maximum absolute atomic E-state index is 12.6. The van der Waals surface area contributed by atoms with Crippen LogP contribution in [0, 0.1) is 0 Å². The summed E-state index contributed by atoms with van der Waals surface area (Å²) >= 11 is 3.51. The van der Waals surface area contributed by atoms with Crippen molar-refractivity contribution in [1.82, 2.24) is 10.2 Å². The summed E-state index contributed by atoms with van der Waals surface area (Å²) < 4.78 is 5.47. The van der Waals surface area contributed by atoms with Crippen LogP contribution in [0.3, 0.4) is 0 Å². The number of nitrogens with zero attached hydrogens (tertiary/aromatic N) is 1. The van der Waals surface area contributed by atoms with Crippen LogP contribution in [0.4, 0.5) is 0 Å². The van der Waals surface area contributed by atoms with E-state index in [0.29, 0.717) is 6.54 Å². The summed E-state index contributed by atoms with van der Waals surface area (Å²) in [5.41, 5.74) is 1.92. The predicted molar refractivity (Wildman–Crippen MR) is 105 cm³/mol. The van der Waals surface area contributed by atoms with E-state index in [2.05, 4.69) is 40.1 Å². The number of hydrogen-bond acceptors (Lipinski definition) is 5. The van der Waals surface area contributed by atoms with Gasteiger partial charge in [-0.1, -0.05) is 18.2 Å². The summed E-state index contributed by atoms with van der Waals surface area (Å²) in [6.07, 6.45) is 2.07. The van der Waals surface area contributed by atoms with E-state index >= 15 is 0 Å². The molecule has 0 bridgehead atoms. The number of morpholine rings is 1. The van der Waals surface area contributed by atoms with Gasteiger partial charge >= 0.3 is 0 Å². The predicted octanol–water partition coefficient (Wildman–Crippen LogP) is 3.41. The lowest BCUT2D eigenvalue weighted by molar-refractivity contribution is 0.0169. The molecule has 0 spiro atoms. The summed E-state index contributed by atoms with van der Waals surface area (Å²) in [5.74, 6) is 0.921. The topological polar surface area (TPSA) is 41.6 Å². The van der Waals surface area contributed by atoms with Crippen molar-refractivity contribution in [1.29, 1.82) is 0 Å². The van der Waals surface area contributed by atoms with E-state index in [9.17, 15) is 4.79 Å². The van der Waals surface area contributed by atoms with Gasteiger partial charge < -0.3 is 10.1 Å². The number of carbonyl (C=O) groups excluding carboxylic acids is 1. The smallest absolute Gasteiger partial charge is 0.251 e. The quantitative estimate of drug-likeness (QED) is 0.804. The van der Waals surface area contributed by atoms with E-state index in [0.717, 1.165) is 37.6 Å². The number of amides is 1. The van der Waals surface area contributed by atoms with E-state index in [4.69, 9.17) is 4.74 Å². The molecule has 1 aliphatic rings. The van der Waals surface area contributed by atoms with Gasteiger partial charge in [0.05, 0.1) is 19.3 Å². The third kappa shape index (κ3) is 5.07. The first kappa shape index (κ1) is 18.5. The van der Waals surface area contributed by atoms with Crippen molar-refractivity contribution in [2.45, 2.75) is 11.8 Å². The molecule has 6 heteroatoms. The van der Waals surface area contributed by atoms with Crippen LogP contribution in [0.2, 0.25) is 0 Å². The molecule has 1 aromatic carbocycles. The normalized spacial score (nSPS) is 16.5. The van der Waals surface area contributed by atoms with Gasteiger partial charge in [0.25, 0.3) is 5.91 Å². The van der Waals surface area contributed by atoms with Gasteiger partial charge in [-0.2, -0.15) is 11.8 Å². The highest BCUT2D eigenvalue weighted by molar-refractivity contribution is 7.97. The number of rotatable bonds is 7. The SMILES string of the molecule is CSCc1cccc(C(=O)NCC(c2cccs2)N2CCOCC2)c1. The molecule has 4 nitrogen and oxygen atoms in total. The van der Waals surface area contributed by atoms with Gasteiger partial charge in [0, 0.05) is 35.8 Å². The highest BCUT2D eigenvalue weighted by atomic mass is 32.2. The number of ether oxygens (including phenoxy) is 1. The average molecular weight is 377 g/mol. The zero-order valence-corrected chi connectivity index (χ0v) is 16.1. The molecule has 134 valence electrons. The molecule has 1 atom stereocenters. The number of hydrogen-bond donors (Lipinski definition) is 1. The summed E-state index contributed by atoms with van der Waals surface area (Å²) in [7, 11) is 0. The first-order chi connectivity index (χ1) is 12.3. The first-order valence-corrected chi connectivity index (χ1v) is 10.8. The summed E-state index contributed by atoms with van der Waals surface area (Å²) in [6, 6.07) is 12.3. The van der Waals surface area contributed by atoms with Crippen molar-refractivity contribution >= 4 is 29.0 Å². The molecule has 1 N–H and O–H groups in total. The highest BCUT2D eigenvalue weighted by Gasteiger charge is 2.24. The fraction of sp³-hybridized carbons (Fsp3) is 0.421. The van der Waals surface area contributed by atoms with Crippen LogP contribution < -0.4 is 5.32 Å². The Morgan fingerprint density at radius 1 is 1.32 bits per heavy atom. The Kier molecular flexibility index (Phi) is 6.93. The van der Waals surface area contributed by atoms with Crippen LogP contribution in [0.5, 0.6) is 0 Å².